The van der Waals surface area contributed by atoms with Crippen molar-refractivity contribution >= 4 is 5.69 Å². The highest BCUT2D eigenvalue weighted by Gasteiger charge is 2.19. The Morgan fingerprint density at radius 1 is 1.39 bits per heavy atom. The second-order valence-corrected chi connectivity index (χ2v) is 4.48. The van der Waals surface area contributed by atoms with Gasteiger partial charge in [0, 0.05) is 24.3 Å². The van der Waals surface area contributed by atoms with Gasteiger partial charge in [0.2, 0.25) is 0 Å². The summed E-state index contributed by atoms with van der Waals surface area (Å²) in [4.78, 5) is 4.37. The molecule has 2 heterocycles. The molecule has 0 aliphatic carbocycles. The Bertz CT molecular complexity index is 533. The molecule has 0 radical (unpaired) electrons. The third-order valence-electron chi connectivity index (χ3n) is 3.04. The lowest BCUT2D eigenvalue weighted by Gasteiger charge is -2.03. The minimum atomic E-state index is 0.233. The van der Waals surface area contributed by atoms with Gasteiger partial charge in [-0.3, -0.25) is 0 Å². The van der Waals surface area contributed by atoms with Crippen LogP contribution in [-0.2, 0) is 11.2 Å². The van der Waals surface area contributed by atoms with E-state index in [2.05, 4.69) is 10.1 Å². The summed E-state index contributed by atoms with van der Waals surface area (Å²) in [7, 11) is 0. The second kappa shape index (κ2) is 4.78. The minimum Gasteiger partial charge on any atom is -0.399 e. The normalized spacial score (nSPS) is 19.2. The number of nitrogen functional groups attached to an aromatic ring is 1. The van der Waals surface area contributed by atoms with Crippen LogP contribution in [0.3, 0.4) is 0 Å². The first-order valence-corrected chi connectivity index (χ1v) is 6.11. The highest BCUT2D eigenvalue weighted by Crippen LogP contribution is 2.21. The molecule has 1 aliphatic rings. The molecule has 1 aromatic heterocycles. The van der Waals surface area contributed by atoms with Gasteiger partial charge < -0.3 is 15.0 Å². The lowest BCUT2D eigenvalue weighted by Crippen LogP contribution is -2.09. The van der Waals surface area contributed by atoms with Crippen LogP contribution in [0.1, 0.15) is 18.7 Å². The zero-order valence-electron chi connectivity index (χ0n) is 10.0. The van der Waals surface area contributed by atoms with Crippen LogP contribution in [0.25, 0.3) is 11.5 Å². The average Bonchev–Trinajstić information content (AvgIpc) is 3.01. The zero-order valence-corrected chi connectivity index (χ0v) is 10.0. The summed E-state index contributed by atoms with van der Waals surface area (Å²) in [5.74, 6) is 1.20. The van der Waals surface area contributed by atoms with Gasteiger partial charge in [-0.05, 0) is 31.0 Å². The van der Waals surface area contributed by atoms with E-state index in [9.17, 15) is 0 Å². The maximum atomic E-state index is 5.72. The maximum absolute atomic E-state index is 5.72. The molecular weight excluding hydrogens is 230 g/mol. The molecule has 0 bridgehead atoms. The average molecular weight is 245 g/mol. The predicted octanol–water partition coefficient (Wildman–Crippen LogP) is 2.04. The lowest BCUT2D eigenvalue weighted by atomic mass is 10.2. The molecule has 0 saturated carbocycles. The van der Waals surface area contributed by atoms with Crippen LogP contribution in [0.15, 0.2) is 28.8 Å². The summed E-state index contributed by atoms with van der Waals surface area (Å²) in [5, 5.41) is 3.98. The molecule has 0 amide bonds. The number of benzene rings is 1. The molecule has 3 rings (SSSR count). The standard InChI is InChI=1S/C13H15N3O2/c14-10-4-1-3-9(7-10)13-15-12(16-18-13)8-11-5-2-6-17-11/h1,3-4,7,11H,2,5-6,8,14H2. The third kappa shape index (κ3) is 2.36. The first-order valence-electron chi connectivity index (χ1n) is 6.11. The summed E-state index contributed by atoms with van der Waals surface area (Å²) in [6, 6.07) is 7.42. The van der Waals surface area contributed by atoms with Crippen LogP contribution in [0.4, 0.5) is 5.69 Å². The summed E-state index contributed by atoms with van der Waals surface area (Å²) >= 11 is 0. The topological polar surface area (TPSA) is 74.2 Å². The van der Waals surface area contributed by atoms with Crippen LogP contribution >= 0.6 is 0 Å². The molecule has 5 nitrogen and oxygen atoms in total. The molecule has 1 fully saturated rings. The molecule has 1 saturated heterocycles. The molecule has 2 N–H and O–H groups in total. The first kappa shape index (κ1) is 11.2. The SMILES string of the molecule is Nc1cccc(-c2nc(CC3CCCO3)no2)c1. The van der Waals surface area contributed by atoms with Crippen molar-refractivity contribution in [2.75, 3.05) is 12.3 Å². The van der Waals surface area contributed by atoms with Crippen molar-refractivity contribution in [1.82, 2.24) is 10.1 Å². The van der Waals surface area contributed by atoms with E-state index >= 15 is 0 Å². The van der Waals surface area contributed by atoms with Gasteiger partial charge in [0.15, 0.2) is 5.82 Å². The molecule has 5 heteroatoms. The van der Waals surface area contributed by atoms with Gasteiger partial charge >= 0.3 is 0 Å². The molecule has 1 atom stereocenters. The second-order valence-electron chi connectivity index (χ2n) is 4.48. The lowest BCUT2D eigenvalue weighted by molar-refractivity contribution is 0.109. The van der Waals surface area contributed by atoms with Crippen molar-refractivity contribution < 1.29 is 9.26 Å². The number of nitrogens with two attached hydrogens (primary N) is 1. The number of anilines is 1. The molecule has 2 aromatic rings. The van der Waals surface area contributed by atoms with Crippen LogP contribution in [-0.4, -0.2) is 22.9 Å². The van der Waals surface area contributed by atoms with Crippen LogP contribution in [0.5, 0.6) is 0 Å². The Morgan fingerprint density at radius 2 is 2.33 bits per heavy atom. The highest BCUT2D eigenvalue weighted by molar-refractivity contribution is 5.59. The molecule has 1 unspecified atom stereocenters. The monoisotopic (exact) mass is 245 g/mol. The molecule has 18 heavy (non-hydrogen) atoms. The van der Waals surface area contributed by atoms with Crippen molar-refractivity contribution in [3.05, 3.63) is 30.1 Å². The molecule has 1 aliphatic heterocycles. The van der Waals surface area contributed by atoms with Gasteiger partial charge in [-0.15, -0.1) is 0 Å². The Kier molecular flexibility index (Phi) is 2.98. The van der Waals surface area contributed by atoms with Crippen molar-refractivity contribution in [3.8, 4) is 11.5 Å². The molecule has 0 spiro atoms. The summed E-state index contributed by atoms with van der Waals surface area (Å²) in [5.41, 5.74) is 7.26. The zero-order chi connectivity index (χ0) is 12.4. The van der Waals surface area contributed by atoms with E-state index in [4.69, 9.17) is 15.0 Å². The number of hydrogen-bond acceptors (Lipinski definition) is 5. The van der Waals surface area contributed by atoms with Gasteiger partial charge in [0.25, 0.3) is 5.89 Å². The van der Waals surface area contributed by atoms with Crippen molar-refractivity contribution in [1.29, 1.82) is 0 Å². The molecule has 94 valence electrons. The third-order valence-corrected chi connectivity index (χ3v) is 3.04. The van der Waals surface area contributed by atoms with Crippen LogP contribution < -0.4 is 5.73 Å². The highest BCUT2D eigenvalue weighted by atomic mass is 16.5. The van der Waals surface area contributed by atoms with E-state index in [1.54, 1.807) is 0 Å². The van der Waals surface area contributed by atoms with Crippen molar-refractivity contribution in [3.63, 3.8) is 0 Å². The van der Waals surface area contributed by atoms with E-state index < -0.39 is 0 Å². The van der Waals surface area contributed by atoms with E-state index in [-0.39, 0.29) is 6.10 Å². The van der Waals surface area contributed by atoms with Crippen molar-refractivity contribution in [2.45, 2.75) is 25.4 Å². The Morgan fingerprint density at radius 3 is 3.11 bits per heavy atom. The van der Waals surface area contributed by atoms with Gasteiger partial charge in [-0.1, -0.05) is 11.2 Å². The molecular formula is C13H15N3O2. The van der Waals surface area contributed by atoms with E-state index in [0.29, 0.717) is 23.8 Å². The molecule has 1 aromatic carbocycles. The van der Waals surface area contributed by atoms with E-state index in [1.807, 2.05) is 24.3 Å². The Hall–Kier alpha value is -1.88. The number of aromatic nitrogens is 2. The largest absolute Gasteiger partial charge is 0.399 e. The quantitative estimate of drug-likeness (QED) is 0.837. The minimum absolute atomic E-state index is 0.233. The van der Waals surface area contributed by atoms with E-state index in [0.717, 1.165) is 25.0 Å². The fourth-order valence-corrected chi connectivity index (χ4v) is 2.13. The van der Waals surface area contributed by atoms with Crippen LogP contribution in [0.2, 0.25) is 0 Å². The van der Waals surface area contributed by atoms with Gasteiger partial charge in [0.1, 0.15) is 0 Å². The van der Waals surface area contributed by atoms with Gasteiger partial charge in [0.05, 0.1) is 6.10 Å². The maximum Gasteiger partial charge on any atom is 0.257 e. The number of ether oxygens (including phenoxy) is 1. The Labute approximate surface area is 105 Å². The van der Waals surface area contributed by atoms with Gasteiger partial charge in [-0.2, -0.15) is 4.98 Å². The van der Waals surface area contributed by atoms with E-state index in [1.165, 1.54) is 0 Å². The number of nitrogens with zero attached hydrogens (tertiary/aromatic N) is 2. The van der Waals surface area contributed by atoms with Crippen molar-refractivity contribution in [2.24, 2.45) is 0 Å². The van der Waals surface area contributed by atoms with Gasteiger partial charge in [-0.25, -0.2) is 0 Å². The summed E-state index contributed by atoms with van der Waals surface area (Å²) in [6.45, 7) is 0.838. The number of rotatable bonds is 3. The Balaban J connectivity index is 1.76. The van der Waals surface area contributed by atoms with Crippen LogP contribution in [0, 0.1) is 0 Å². The predicted molar refractivity (Wildman–Crippen MR) is 66.8 cm³/mol. The summed E-state index contributed by atoms with van der Waals surface area (Å²) < 4.78 is 10.8. The first-order chi connectivity index (χ1) is 8.81. The fourth-order valence-electron chi connectivity index (χ4n) is 2.13. The number of hydrogen-bond donors (Lipinski definition) is 1. The smallest absolute Gasteiger partial charge is 0.257 e. The fraction of sp³-hybridized carbons (Fsp3) is 0.385. The summed E-state index contributed by atoms with van der Waals surface area (Å²) in [6.07, 6.45) is 3.13.